The Hall–Kier alpha value is -4.12. The summed E-state index contributed by atoms with van der Waals surface area (Å²) in [4.78, 5) is 9.81. The molecule has 5 aromatic carbocycles. The number of hydrogen-bond donors (Lipinski definition) is 0. The van der Waals surface area contributed by atoms with Crippen LogP contribution in [0.1, 0.15) is 0 Å². The first-order valence-electron chi connectivity index (χ1n) is 11.8. The topological polar surface area (TPSA) is 25.8 Å². The Labute approximate surface area is 217 Å². The molecule has 7 aromatic rings. The van der Waals surface area contributed by atoms with Gasteiger partial charge in [-0.25, -0.2) is 9.97 Å². The second-order valence-corrected chi connectivity index (χ2v) is 10.7. The zero-order valence-corrected chi connectivity index (χ0v) is 20.9. The maximum absolute atomic E-state index is 4.97. The Morgan fingerprint density at radius 2 is 0.944 bits per heavy atom. The molecule has 7 rings (SSSR count). The Morgan fingerprint density at radius 1 is 0.389 bits per heavy atom. The molecule has 2 aromatic heterocycles. The van der Waals surface area contributed by atoms with Gasteiger partial charge in [-0.1, -0.05) is 91.0 Å². The Bertz CT molecular complexity index is 1760. The number of hydrogen-bond acceptors (Lipinski definition) is 4. The molecule has 0 saturated heterocycles. The van der Waals surface area contributed by atoms with Crippen molar-refractivity contribution >= 4 is 43.1 Å². The van der Waals surface area contributed by atoms with E-state index in [1.807, 2.05) is 12.1 Å². The lowest BCUT2D eigenvalue weighted by molar-refractivity contribution is 1.46. The maximum Gasteiger partial charge on any atom is 0.125 e. The van der Waals surface area contributed by atoms with E-state index in [9.17, 15) is 0 Å². The van der Waals surface area contributed by atoms with Crippen LogP contribution in [0.4, 0.5) is 0 Å². The summed E-state index contributed by atoms with van der Waals surface area (Å²) < 4.78 is 2.42. The summed E-state index contributed by atoms with van der Waals surface area (Å²) in [5.74, 6) is 0. The number of benzene rings is 5. The largest absolute Gasteiger partial charge is 0.236 e. The van der Waals surface area contributed by atoms with Crippen LogP contribution in [0.25, 0.3) is 63.8 Å². The molecule has 0 saturated carbocycles. The molecule has 0 aliphatic heterocycles. The Kier molecular flexibility index (Phi) is 5.20. The number of rotatable bonds is 4. The van der Waals surface area contributed by atoms with Gasteiger partial charge in [0.15, 0.2) is 0 Å². The summed E-state index contributed by atoms with van der Waals surface area (Å²) in [6.45, 7) is 0. The Balaban J connectivity index is 1.35. The van der Waals surface area contributed by atoms with E-state index in [0.29, 0.717) is 0 Å². The number of para-hydroxylation sites is 2. The third kappa shape index (κ3) is 3.81. The molecule has 0 amide bonds. The van der Waals surface area contributed by atoms with E-state index in [-0.39, 0.29) is 0 Å². The van der Waals surface area contributed by atoms with Crippen LogP contribution in [-0.4, -0.2) is 9.97 Å². The van der Waals surface area contributed by atoms with Crippen LogP contribution in [0.15, 0.2) is 121 Å². The fourth-order valence-corrected chi connectivity index (χ4v) is 6.53. The fourth-order valence-electron chi connectivity index (χ4n) is 4.56. The first-order valence-corrected chi connectivity index (χ1v) is 13.5. The summed E-state index contributed by atoms with van der Waals surface area (Å²) in [6.07, 6.45) is 0. The van der Waals surface area contributed by atoms with Gasteiger partial charge < -0.3 is 0 Å². The molecular formula is C32H20N2S2. The average Bonchev–Trinajstić information content (AvgIpc) is 3.58. The maximum atomic E-state index is 4.97. The molecule has 36 heavy (non-hydrogen) atoms. The van der Waals surface area contributed by atoms with Crippen LogP contribution in [-0.2, 0) is 0 Å². The summed E-state index contributed by atoms with van der Waals surface area (Å²) >= 11 is 3.48. The number of nitrogens with zero attached hydrogens (tertiary/aromatic N) is 2. The van der Waals surface area contributed by atoms with Crippen LogP contribution in [0.3, 0.4) is 0 Å². The summed E-state index contributed by atoms with van der Waals surface area (Å²) in [5.41, 5.74) is 9.16. The first-order chi connectivity index (χ1) is 17.8. The molecule has 0 spiro atoms. The molecule has 170 valence electrons. The fraction of sp³-hybridized carbons (Fsp3) is 0. The highest BCUT2D eigenvalue weighted by atomic mass is 32.1. The lowest BCUT2D eigenvalue weighted by Crippen LogP contribution is -1.88. The monoisotopic (exact) mass is 496 g/mol. The summed E-state index contributed by atoms with van der Waals surface area (Å²) in [6, 6.07) is 42.7. The quantitative estimate of drug-likeness (QED) is 0.242. The highest BCUT2D eigenvalue weighted by Gasteiger charge is 2.14. The Morgan fingerprint density at radius 3 is 1.64 bits per heavy atom. The van der Waals surface area contributed by atoms with Crippen molar-refractivity contribution in [3.05, 3.63) is 121 Å². The van der Waals surface area contributed by atoms with Gasteiger partial charge in [-0.15, -0.1) is 22.7 Å². The second-order valence-electron chi connectivity index (χ2n) is 8.68. The first kappa shape index (κ1) is 21.2. The molecule has 0 bridgehead atoms. The number of thiazole rings is 2. The van der Waals surface area contributed by atoms with E-state index >= 15 is 0 Å². The minimum absolute atomic E-state index is 1.04. The standard InChI is InChI=1S/C32H20N2S2/c1-2-8-21(9-3-1)24-18-19-25(32-34-28-11-5-7-13-30(28)36-32)26(20-24)22-14-16-23(17-15-22)31-33-27-10-4-6-12-29(27)35-31/h1-20H. The van der Waals surface area contributed by atoms with E-state index in [1.54, 1.807) is 22.7 Å². The van der Waals surface area contributed by atoms with Crippen molar-refractivity contribution in [2.24, 2.45) is 0 Å². The van der Waals surface area contributed by atoms with E-state index in [1.165, 1.54) is 31.7 Å². The van der Waals surface area contributed by atoms with Crippen LogP contribution in [0, 0.1) is 0 Å². The van der Waals surface area contributed by atoms with Crippen LogP contribution < -0.4 is 0 Å². The average molecular weight is 497 g/mol. The van der Waals surface area contributed by atoms with Gasteiger partial charge in [0.2, 0.25) is 0 Å². The van der Waals surface area contributed by atoms with Crippen molar-refractivity contribution in [3.63, 3.8) is 0 Å². The van der Waals surface area contributed by atoms with Gasteiger partial charge in [-0.2, -0.15) is 0 Å². The lowest BCUT2D eigenvalue weighted by atomic mass is 9.94. The van der Waals surface area contributed by atoms with Gasteiger partial charge in [-0.3, -0.25) is 0 Å². The second kappa shape index (κ2) is 8.83. The van der Waals surface area contributed by atoms with Gasteiger partial charge in [0, 0.05) is 11.1 Å². The van der Waals surface area contributed by atoms with Crippen LogP contribution in [0.2, 0.25) is 0 Å². The number of fused-ring (bicyclic) bond motifs is 2. The van der Waals surface area contributed by atoms with Gasteiger partial charge in [-0.05, 0) is 52.6 Å². The molecule has 2 nitrogen and oxygen atoms in total. The molecule has 0 unspecified atom stereocenters. The van der Waals surface area contributed by atoms with E-state index < -0.39 is 0 Å². The zero-order valence-electron chi connectivity index (χ0n) is 19.3. The molecule has 2 heterocycles. The lowest BCUT2D eigenvalue weighted by Gasteiger charge is -2.12. The third-order valence-corrected chi connectivity index (χ3v) is 8.54. The van der Waals surface area contributed by atoms with Crippen molar-refractivity contribution in [2.45, 2.75) is 0 Å². The van der Waals surface area contributed by atoms with Crippen LogP contribution >= 0.6 is 22.7 Å². The van der Waals surface area contributed by atoms with E-state index in [4.69, 9.17) is 9.97 Å². The molecule has 0 aliphatic rings. The van der Waals surface area contributed by atoms with Gasteiger partial charge in [0.25, 0.3) is 0 Å². The SMILES string of the molecule is c1ccc(-c2ccc(-c3nc4ccccc4s3)c(-c3ccc(-c4nc5ccccc5s4)cc3)c2)cc1. The zero-order chi connectivity index (χ0) is 23.9. The normalized spacial score (nSPS) is 11.3. The van der Waals surface area contributed by atoms with Gasteiger partial charge in [0.1, 0.15) is 10.0 Å². The molecular weight excluding hydrogens is 477 g/mol. The van der Waals surface area contributed by atoms with Gasteiger partial charge in [0.05, 0.1) is 20.4 Å². The smallest absolute Gasteiger partial charge is 0.125 e. The summed E-state index contributed by atoms with van der Waals surface area (Å²) in [5, 5.41) is 2.09. The highest BCUT2D eigenvalue weighted by molar-refractivity contribution is 7.22. The molecule has 0 radical (unpaired) electrons. The van der Waals surface area contributed by atoms with Crippen molar-refractivity contribution < 1.29 is 0 Å². The molecule has 0 fully saturated rings. The van der Waals surface area contributed by atoms with E-state index in [0.717, 1.165) is 32.2 Å². The summed E-state index contributed by atoms with van der Waals surface area (Å²) in [7, 11) is 0. The minimum Gasteiger partial charge on any atom is -0.236 e. The molecule has 0 atom stereocenters. The van der Waals surface area contributed by atoms with Crippen molar-refractivity contribution in [2.75, 3.05) is 0 Å². The van der Waals surface area contributed by atoms with E-state index in [2.05, 4.69) is 109 Å². The molecule has 4 heteroatoms. The third-order valence-electron chi connectivity index (χ3n) is 6.39. The molecule has 0 N–H and O–H groups in total. The van der Waals surface area contributed by atoms with Crippen molar-refractivity contribution in [3.8, 4) is 43.4 Å². The van der Waals surface area contributed by atoms with Crippen LogP contribution in [0.5, 0.6) is 0 Å². The minimum atomic E-state index is 1.04. The number of aromatic nitrogens is 2. The predicted octanol–water partition coefficient (Wildman–Crippen LogP) is 9.57. The van der Waals surface area contributed by atoms with Gasteiger partial charge >= 0.3 is 0 Å². The molecule has 0 aliphatic carbocycles. The van der Waals surface area contributed by atoms with Crippen molar-refractivity contribution in [1.29, 1.82) is 0 Å². The predicted molar refractivity (Wildman–Crippen MR) is 155 cm³/mol. The highest BCUT2D eigenvalue weighted by Crippen LogP contribution is 2.40. The van der Waals surface area contributed by atoms with Crippen molar-refractivity contribution in [1.82, 2.24) is 9.97 Å².